The summed E-state index contributed by atoms with van der Waals surface area (Å²) in [5, 5.41) is 7.90. The minimum Gasteiger partial charge on any atom is -0.458 e. The van der Waals surface area contributed by atoms with Gasteiger partial charge in [0.2, 0.25) is 17.8 Å². The molecule has 342 valence electrons. The molecule has 1 aliphatic carbocycles. The lowest BCUT2D eigenvalue weighted by Crippen LogP contribution is -2.59. The summed E-state index contributed by atoms with van der Waals surface area (Å²) >= 11 is 6.23. The molecule has 16 nitrogen and oxygen atoms in total. The summed E-state index contributed by atoms with van der Waals surface area (Å²) in [5.74, 6) is -6.25. The number of ether oxygens (including phenoxy) is 3. The first-order chi connectivity index (χ1) is 30.7. The van der Waals surface area contributed by atoms with Crippen molar-refractivity contribution >= 4 is 59.2 Å². The van der Waals surface area contributed by atoms with Crippen molar-refractivity contribution in [3.63, 3.8) is 0 Å². The quantitative estimate of drug-likeness (QED) is 0.0702. The van der Waals surface area contributed by atoms with Crippen LogP contribution in [0.2, 0.25) is 5.02 Å². The van der Waals surface area contributed by atoms with E-state index in [1.807, 2.05) is 19.9 Å². The summed E-state index contributed by atoms with van der Waals surface area (Å²) < 4.78 is 16.2. The van der Waals surface area contributed by atoms with Crippen molar-refractivity contribution in [2.45, 2.75) is 103 Å². The van der Waals surface area contributed by atoms with Crippen LogP contribution in [0.3, 0.4) is 0 Å². The van der Waals surface area contributed by atoms with E-state index in [0.717, 1.165) is 24.2 Å². The molecule has 3 aromatic rings. The highest BCUT2D eigenvalue weighted by molar-refractivity contribution is 6.38. The van der Waals surface area contributed by atoms with Crippen molar-refractivity contribution in [2.24, 2.45) is 11.8 Å². The van der Waals surface area contributed by atoms with E-state index in [4.69, 9.17) is 25.8 Å². The number of Topliss-reactive ketones (excluding diaryl/α,β-unsaturated/α-hetero) is 1. The Balaban J connectivity index is 1.30. The number of esters is 2. The van der Waals surface area contributed by atoms with Gasteiger partial charge in [-0.2, -0.15) is 0 Å². The van der Waals surface area contributed by atoms with Gasteiger partial charge in [0.25, 0.3) is 11.8 Å². The Morgan fingerprint density at radius 1 is 0.828 bits per heavy atom. The zero-order valence-corrected chi connectivity index (χ0v) is 37.1. The van der Waals surface area contributed by atoms with Crippen LogP contribution in [0, 0.1) is 11.8 Å². The van der Waals surface area contributed by atoms with E-state index >= 15 is 0 Å². The number of benzene rings is 3. The number of nitrogens with zero attached hydrogens (tertiary/aromatic N) is 2. The van der Waals surface area contributed by atoms with Crippen LogP contribution in [-0.2, 0) is 56.1 Å². The third kappa shape index (κ3) is 13.9. The Labute approximate surface area is 377 Å². The molecule has 1 aliphatic heterocycles. The number of nitrogens with one attached hydrogen (secondary N) is 3. The molecule has 5 rings (SSSR count). The number of urea groups is 1. The van der Waals surface area contributed by atoms with Gasteiger partial charge in [-0.1, -0.05) is 131 Å². The lowest BCUT2D eigenvalue weighted by Gasteiger charge is -2.33. The fraction of sp³-hybridized carbons (Fsp3) is 0.447. The minimum absolute atomic E-state index is 0.0133. The van der Waals surface area contributed by atoms with Gasteiger partial charge in [0.05, 0.1) is 19.2 Å². The minimum atomic E-state index is -1.48. The molecule has 0 radical (unpaired) electrons. The van der Waals surface area contributed by atoms with Crippen molar-refractivity contribution in [1.82, 2.24) is 25.8 Å². The van der Waals surface area contributed by atoms with Crippen molar-refractivity contribution in [2.75, 3.05) is 19.7 Å². The number of imide groups is 1. The van der Waals surface area contributed by atoms with Crippen molar-refractivity contribution in [3.05, 3.63) is 107 Å². The molecule has 1 saturated carbocycles. The Morgan fingerprint density at radius 2 is 1.50 bits per heavy atom. The smallest absolute Gasteiger partial charge is 0.407 e. The summed E-state index contributed by atoms with van der Waals surface area (Å²) in [4.78, 5) is 111. The van der Waals surface area contributed by atoms with Gasteiger partial charge in [0, 0.05) is 17.1 Å². The van der Waals surface area contributed by atoms with Crippen molar-refractivity contribution < 1.29 is 52.6 Å². The zero-order valence-electron chi connectivity index (χ0n) is 36.3. The molecule has 2 aliphatic rings. The van der Waals surface area contributed by atoms with Crippen LogP contribution in [-0.4, -0.2) is 95.2 Å². The molecule has 2 fully saturated rings. The molecule has 3 N–H and O–H groups in total. The number of rotatable bonds is 20. The van der Waals surface area contributed by atoms with Gasteiger partial charge in [-0.3, -0.25) is 24.0 Å². The van der Waals surface area contributed by atoms with Gasteiger partial charge in [0.1, 0.15) is 25.2 Å². The molecule has 17 heteroatoms. The molecule has 0 spiro atoms. The van der Waals surface area contributed by atoms with E-state index in [2.05, 4.69) is 16.0 Å². The first kappa shape index (κ1) is 48.7. The molecule has 1 heterocycles. The number of amides is 6. The zero-order chi connectivity index (χ0) is 46.2. The number of hydrogen-bond acceptors (Lipinski definition) is 11. The van der Waals surface area contributed by atoms with Gasteiger partial charge >= 0.3 is 24.1 Å². The average Bonchev–Trinajstić information content (AvgIpc) is 3.62. The molecule has 0 bridgehead atoms. The number of carbonyl (C=O) groups excluding carboxylic acids is 8. The van der Waals surface area contributed by atoms with E-state index in [0.29, 0.717) is 41.0 Å². The summed E-state index contributed by atoms with van der Waals surface area (Å²) in [6.45, 7) is 4.36. The van der Waals surface area contributed by atoms with Crippen LogP contribution in [0.4, 0.5) is 9.59 Å². The van der Waals surface area contributed by atoms with Crippen LogP contribution in [0.5, 0.6) is 0 Å². The highest BCUT2D eigenvalue weighted by atomic mass is 35.5. The first-order valence-electron chi connectivity index (χ1n) is 21.6. The molecular formula is C47H56ClN5O11. The second-order valence-electron chi connectivity index (χ2n) is 16.3. The van der Waals surface area contributed by atoms with Crippen molar-refractivity contribution in [1.29, 1.82) is 0 Å². The topological polar surface area (TPSA) is 207 Å². The van der Waals surface area contributed by atoms with Gasteiger partial charge < -0.3 is 35.1 Å². The van der Waals surface area contributed by atoms with E-state index in [9.17, 15) is 38.4 Å². The van der Waals surface area contributed by atoms with Gasteiger partial charge in [-0.15, -0.1) is 0 Å². The Morgan fingerprint density at radius 3 is 2.16 bits per heavy atom. The SMILES string of the molecule is CCCC(NC(=O)C1CN(Cc2cccc(Cl)c2)C(=O)N1C(=O)C(NC(=O)OCC(C)C)C1CCCCC1)C(=O)C(=O)NCC(=O)O[C@H](C(=O)OCc1ccccc1)c1ccccc1. The predicted molar refractivity (Wildman–Crippen MR) is 234 cm³/mol. The molecule has 4 atom stereocenters. The second kappa shape index (κ2) is 24.0. The Bertz CT molecular complexity index is 2120. The van der Waals surface area contributed by atoms with Crippen LogP contribution < -0.4 is 16.0 Å². The van der Waals surface area contributed by atoms with Gasteiger partial charge in [-0.05, 0) is 54.4 Å². The lowest BCUT2D eigenvalue weighted by molar-refractivity contribution is -0.169. The molecular weight excluding hydrogens is 846 g/mol. The number of halogens is 1. The summed E-state index contributed by atoms with van der Waals surface area (Å²) in [6, 6.07) is 18.9. The third-order valence-electron chi connectivity index (χ3n) is 10.8. The van der Waals surface area contributed by atoms with Crippen LogP contribution in [0.1, 0.15) is 88.5 Å². The first-order valence-corrected chi connectivity index (χ1v) is 22.0. The van der Waals surface area contributed by atoms with Crippen molar-refractivity contribution in [3.8, 4) is 0 Å². The van der Waals surface area contributed by atoms with Crippen LogP contribution >= 0.6 is 11.6 Å². The van der Waals surface area contributed by atoms with E-state index in [-0.39, 0.29) is 44.6 Å². The lowest BCUT2D eigenvalue weighted by atomic mass is 9.83. The Kier molecular flexibility index (Phi) is 18.2. The second-order valence-corrected chi connectivity index (χ2v) is 16.7. The normalized spacial score (nSPS) is 16.6. The highest BCUT2D eigenvalue weighted by Gasteiger charge is 2.49. The van der Waals surface area contributed by atoms with E-state index in [1.54, 1.807) is 85.8 Å². The molecule has 3 unspecified atom stereocenters. The van der Waals surface area contributed by atoms with E-state index < -0.39 is 78.3 Å². The Hall–Kier alpha value is -6.29. The maximum atomic E-state index is 14.6. The average molecular weight is 902 g/mol. The van der Waals surface area contributed by atoms with Crippen LogP contribution in [0.15, 0.2) is 84.9 Å². The third-order valence-corrected chi connectivity index (χ3v) is 11.0. The largest absolute Gasteiger partial charge is 0.458 e. The molecule has 3 aromatic carbocycles. The highest BCUT2D eigenvalue weighted by Crippen LogP contribution is 2.30. The molecule has 0 aromatic heterocycles. The van der Waals surface area contributed by atoms with E-state index in [1.165, 1.54) is 4.90 Å². The fourth-order valence-electron chi connectivity index (χ4n) is 7.58. The summed E-state index contributed by atoms with van der Waals surface area (Å²) in [7, 11) is 0. The summed E-state index contributed by atoms with van der Waals surface area (Å²) in [6.07, 6.45) is 1.72. The number of ketones is 1. The predicted octanol–water partition coefficient (Wildman–Crippen LogP) is 5.80. The molecule has 6 amide bonds. The number of hydrogen-bond donors (Lipinski definition) is 3. The molecule has 1 saturated heterocycles. The number of alkyl carbamates (subject to hydrolysis) is 1. The maximum absolute atomic E-state index is 14.6. The molecule has 64 heavy (non-hydrogen) atoms. The standard InChI is InChI=1S/C47H56ClN5O11/c1-4-15-36(40(55)43(57)49-25-38(54)64-41(34-21-12-7-13-22-34)45(59)62-29-31-16-8-5-9-17-31)50-42(56)37-27-52(26-32-18-14-23-35(48)24-32)47(61)53(37)44(58)39(33-19-10-6-11-20-33)51-46(60)63-28-30(2)3/h5,7-9,12-14,16-18,21-24,30,33,36-37,39,41H,4,6,10-11,15,19-20,25-29H2,1-3H3,(H,49,57)(H,50,56)(H,51,60)/t36?,37?,39?,41-/m0/s1. The monoisotopic (exact) mass is 901 g/mol. The fourth-order valence-corrected chi connectivity index (χ4v) is 7.79. The van der Waals surface area contributed by atoms with Gasteiger partial charge in [0.15, 0.2) is 0 Å². The summed E-state index contributed by atoms with van der Waals surface area (Å²) in [5.41, 5.74) is 1.65. The maximum Gasteiger partial charge on any atom is 0.407 e. The number of carbonyl (C=O) groups is 8. The van der Waals surface area contributed by atoms with Crippen LogP contribution in [0.25, 0.3) is 0 Å². The van der Waals surface area contributed by atoms with Gasteiger partial charge in [-0.25, -0.2) is 19.3 Å².